The first-order valence-electron chi connectivity index (χ1n) is 6.00. The van der Waals surface area contributed by atoms with Gasteiger partial charge < -0.3 is 4.74 Å². The Morgan fingerprint density at radius 3 is 2.32 bits per heavy atom. The molecule has 0 radical (unpaired) electrons. The molecule has 0 fully saturated rings. The lowest BCUT2D eigenvalue weighted by atomic mass is 10.2. The van der Waals surface area contributed by atoms with Crippen molar-refractivity contribution in [3.63, 3.8) is 0 Å². The van der Waals surface area contributed by atoms with Crippen LogP contribution in [0.4, 0.5) is 0 Å². The molecule has 0 aliphatic rings. The number of ether oxygens (including phenoxy) is 1. The van der Waals surface area contributed by atoms with E-state index in [2.05, 4.69) is 20.1 Å². The van der Waals surface area contributed by atoms with E-state index < -0.39 is 0 Å². The van der Waals surface area contributed by atoms with Crippen molar-refractivity contribution in [1.82, 2.24) is 24.7 Å². The van der Waals surface area contributed by atoms with Crippen LogP contribution in [0.15, 0.2) is 0 Å². The molecule has 102 valence electrons. The number of hydrogen-bond donors (Lipinski definition) is 0. The van der Waals surface area contributed by atoms with Gasteiger partial charge in [-0.25, -0.2) is 4.68 Å². The lowest BCUT2D eigenvalue weighted by Crippen LogP contribution is -2.12. The molecule has 0 atom stereocenters. The van der Waals surface area contributed by atoms with E-state index in [1.165, 1.54) is 0 Å². The van der Waals surface area contributed by atoms with Crippen LogP contribution in [0.3, 0.4) is 0 Å². The molecule has 7 heteroatoms. The molecule has 0 saturated heterocycles. The van der Waals surface area contributed by atoms with Crippen molar-refractivity contribution >= 4 is 11.6 Å². The first kappa shape index (κ1) is 13.7. The van der Waals surface area contributed by atoms with Crippen molar-refractivity contribution in [3.8, 4) is 12.0 Å². The molecule has 0 aliphatic carbocycles. The van der Waals surface area contributed by atoms with Gasteiger partial charge in [0, 0.05) is 5.69 Å². The maximum atomic E-state index is 5.90. The van der Waals surface area contributed by atoms with E-state index in [0.717, 1.165) is 17.0 Å². The van der Waals surface area contributed by atoms with Crippen molar-refractivity contribution in [2.24, 2.45) is 0 Å². The minimum atomic E-state index is -0.0338. The average molecular weight is 282 g/mol. The van der Waals surface area contributed by atoms with E-state index in [9.17, 15) is 0 Å². The normalized spacial score (nSPS) is 11.1. The molecule has 2 rings (SSSR count). The fourth-order valence-electron chi connectivity index (χ4n) is 1.60. The summed E-state index contributed by atoms with van der Waals surface area (Å²) in [4.78, 5) is 12.3. The molecule has 0 bridgehead atoms. The van der Waals surface area contributed by atoms with Gasteiger partial charge in [0.15, 0.2) is 0 Å². The summed E-state index contributed by atoms with van der Waals surface area (Å²) in [5.74, 6) is 0.365. The van der Waals surface area contributed by atoms with Crippen molar-refractivity contribution in [3.05, 3.63) is 22.2 Å². The number of rotatable bonds is 3. The Labute approximate surface area is 116 Å². The molecule has 0 spiro atoms. The van der Waals surface area contributed by atoms with Gasteiger partial charge in [-0.2, -0.15) is 20.1 Å². The molecule has 0 amide bonds. The second-order valence-electron chi connectivity index (χ2n) is 4.56. The van der Waals surface area contributed by atoms with E-state index in [0.29, 0.717) is 5.95 Å². The Morgan fingerprint density at radius 2 is 1.79 bits per heavy atom. The second kappa shape index (κ2) is 5.13. The van der Waals surface area contributed by atoms with Crippen LogP contribution in [0.25, 0.3) is 5.95 Å². The lowest BCUT2D eigenvalue weighted by Gasteiger charge is -2.09. The summed E-state index contributed by atoms with van der Waals surface area (Å²) in [5, 5.41) is 4.48. The van der Waals surface area contributed by atoms with Gasteiger partial charge >= 0.3 is 6.01 Å². The molecule has 0 N–H and O–H groups in total. The van der Waals surface area contributed by atoms with Crippen molar-refractivity contribution in [1.29, 1.82) is 0 Å². The number of hydrogen-bond acceptors (Lipinski definition) is 5. The molecule has 2 aromatic heterocycles. The Bertz CT molecular complexity index is 608. The zero-order valence-corrected chi connectivity index (χ0v) is 12.4. The van der Waals surface area contributed by atoms with Crippen molar-refractivity contribution in [2.45, 2.75) is 40.7 Å². The van der Waals surface area contributed by atoms with E-state index in [1.807, 2.05) is 34.6 Å². The number of aromatic nitrogens is 5. The van der Waals surface area contributed by atoms with Gasteiger partial charge in [0.2, 0.25) is 5.28 Å². The standard InChI is InChI=1S/C12H16ClN5O/c1-6(2)19-12-15-10(13)14-11(16-12)18-9(5)7(3)8(4)17-18/h6H,1-5H3. The molecule has 0 aromatic carbocycles. The fourth-order valence-corrected chi connectivity index (χ4v) is 1.74. The SMILES string of the molecule is Cc1nn(-c2nc(Cl)nc(OC(C)C)n2)c(C)c1C. The van der Waals surface area contributed by atoms with Crippen LogP contribution < -0.4 is 4.74 Å². The lowest BCUT2D eigenvalue weighted by molar-refractivity contribution is 0.221. The third-order valence-corrected chi connectivity index (χ3v) is 2.93. The first-order valence-corrected chi connectivity index (χ1v) is 6.37. The molecular weight excluding hydrogens is 266 g/mol. The summed E-state index contributed by atoms with van der Waals surface area (Å²) in [6.45, 7) is 9.68. The minimum Gasteiger partial charge on any atom is -0.461 e. The molecule has 0 aliphatic heterocycles. The molecule has 2 heterocycles. The second-order valence-corrected chi connectivity index (χ2v) is 4.90. The highest BCUT2D eigenvalue weighted by Crippen LogP contribution is 2.17. The van der Waals surface area contributed by atoms with Gasteiger partial charge in [0.25, 0.3) is 5.95 Å². The van der Waals surface area contributed by atoms with Crippen LogP contribution in [-0.2, 0) is 0 Å². The minimum absolute atomic E-state index is 0.0338. The maximum Gasteiger partial charge on any atom is 0.322 e. The van der Waals surface area contributed by atoms with Gasteiger partial charge in [-0.05, 0) is 51.8 Å². The zero-order valence-electron chi connectivity index (χ0n) is 11.6. The highest BCUT2D eigenvalue weighted by Gasteiger charge is 2.14. The Balaban J connectivity index is 2.49. The zero-order chi connectivity index (χ0) is 14.2. The summed E-state index contributed by atoms with van der Waals surface area (Å²) < 4.78 is 7.09. The van der Waals surface area contributed by atoms with Gasteiger partial charge in [-0.1, -0.05) is 0 Å². The Morgan fingerprint density at radius 1 is 1.11 bits per heavy atom. The smallest absolute Gasteiger partial charge is 0.322 e. The highest BCUT2D eigenvalue weighted by atomic mass is 35.5. The van der Waals surface area contributed by atoms with Gasteiger partial charge in [0.1, 0.15) is 0 Å². The third kappa shape index (κ3) is 2.84. The summed E-state index contributed by atoms with van der Waals surface area (Å²) >= 11 is 5.90. The van der Waals surface area contributed by atoms with Crippen LogP contribution in [0, 0.1) is 20.8 Å². The molecule has 2 aromatic rings. The van der Waals surface area contributed by atoms with E-state index in [4.69, 9.17) is 16.3 Å². The van der Waals surface area contributed by atoms with Crippen LogP contribution in [-0.4, -0.2) is 30.8 Å². The molecule has 0 unspecified atom stereocenters. The number of nitrogens with zero attached hydrogens (tertiary/aromatic N) is 5. The molecule has 19 heavy (non-hydrogen) atoms. The Kier molecular flexibility index (Phi) is 3.71. The summed E-state index contributed by atoms with van der Waals surface area (Å²) in [6, 6.07) is 0.204. The quantitative estimate of drug-likeness (QED) is 0.864. The summed E-state index contributed by atoms with van der Waals surface area (Å²) in [7, 11) is 0. The van der Waals surface area contributed by atoms with Crippen molar-refractivity contribution in [2.75, 3.05) is 0 Å². The molecule has 0 saturated carbocycles. The first-order chi connectivity index (χ1) is 8.88. The number of halogens is 1. The predicted molar refractivity (Wildman–Crippen MR) is 71.9 cm³/mol. The topological polar surface area (TPSA) is 65.7 Å². The molecular formula is C12H16ClN5O. The van der Waals surface area contributed by atoms with E-state index in [-0.39, 0.29) is 17.4 Å². The monoisotopic (exact) mass is 281 g/mol. The maximum absolute atomic E-state index is 5.90. The summed E-state index contributed by atoms with van der Waals surface area (Å²) in [6.07, 6.45) is -0.0338. The van der Waals surface area contributed by atoms with Gasteiger partial charge in [0.05, 0.1) is 11.8 Å². The van der Waals surface area contributed by atoms with Crippen LogP contribution in [0.5, 0.6) is 6.01 Å². The van der Waals surface area contributed by atoms with Crippen LogP contribution in [0.1, 0.15) is 30.8 Å². The number of aryl methyl sites for hydroxylation is 1. The summed E-state index contributed by atoms with van der Waals surface area (Å²) in [5.41, 5.74) is 3.00. The van der Waals surface area contributed by atoms with Gasteiger partial charge in [-0.15, -0.1) is 0 Å². The molecule has 6 nitrogen and oxygen atoms in total. The largest absolute Gasteiger partial charge is 0.461 e. The average Bonchev–Trinajstić information content (AvgIpc) is 2.55. The van der Waals surface area contributed by atoms with Gasteiger partial charge in [-0.3, -0.25) is 0 Å². The predicted octanol–water partition coefficient (Wildman–Crippen LogP) is 2.42. The third-order valence-electron chi connectivity index (χ3n) is 2.76. The highest BCUT2D eigenvalue weighted by molar-refractivity contribution is 6.28. The van der Waals surface area contributed by atoms with E-state index >= 15 is 0 Å². The van der Waals surface area contributed by atoms with Crippen molar-refractivity contribution < 1.29 is 4.74 Å². The van der Waals surface area contributed by atoms with Crippen LogP contribution >= 0.6 is 11.6 Å². The Hall–Kier alpha value is -1.69. The van der Waals surface area contributed by atoms with Crippen LogP contribution in [0.2, 0.25) is 5.28 Å². The fraction of sp³-hybridized carbons (Fsp3) is 0.500. The van der Waals surface area contributed by atoms with E-state index in [1.54, 1.807) is 4.68 Å².